The molecule has 3 heteroatoms. The lowest BCUT2D eigenvalue weighted by Crippen LogP contribution is -2.11. The molecule has 0 aromatic heterocycles. The van der Waals surface area contributed by atoms with Crippen LogP contribution in [0.2, 0.25) is 0 Å². The molecule has 0 unspecified atom stereocenters. The van der Waals surface area contributed by atoms with Crippen LogP contribution in [0.4, 0.5) is 0 Å². The first-order valence-corrected chi connectivity index (χ1v) is 7.26. The molecule has 0 saturated heterocycles. The Balaban J connectivity index is 2.26. The average molecular weight is 366 g/mol. The Hall–Kier alpha value is -1.36. The first-order valence-electron chi connectivity index (χ1n) is 6.18. The Morgan fingerprint density at radius 2 is 1.95 bits per heavy atom. The Labute approximate surface area is 126 Å². The molecule has 0 N–H and O–H groups in total. The Morgan fingerprint density at radius 1 is 1.21 bits per heavy atom. The van der Waals surface area contributed by atoms with Crippen molar-refractivity contribution in [3.63, 3.8) is 0 Å². The molecular formula is C16H15IO2. The Bertz CT molecular complexity index is 605. The number of hydrogen-bond acceptors (Lipinski definition) is 2. The van der Waals surface area contributed by atoms with E-state index >= 15 is 0 Å². The van der Waals surface area contributed by atoms with Gasteiger partial charge in [0.2, 0.25) is 0 Å². The minimum atomic E-state index is -0.304. The van der Waals surface area contributed by atoms with Gasteiger partial charge in [-0.2, -0.15) is 0 Å². The van der Waals surface area contributed by atoms with Gasteiger partial charge in [0, 0.05) is 3.57 Å². The molecule has 19 heavy (non-hydrogen) atoms. The Kier molecular flexibility index (Phi) is 4.58. The van der Waals surface area contributed by atoms with Crippen molar-refractivity contribution in [3.8, 4) is 5.75 Å². The number of carbonyl (C=O) groups excluding carboxylic acids is 1. The molecule has 0 radical (unpaired) electrons. The predicted molar refractivity (Wildman–Crippen MR) is 84.7 cm³/mol. The van der Waals surface area contributed by atoms with Gasteiger partial charge in [-0.3, -0.25) is 0 Å². The van der Waals surface area contributed by atoms with Crippen molar-refractivity contribution in [2.75, 3.05) is 0 Å². The first-order chi connectivity index (χ1) is 9.11. The molecule has 0 saturated carbocycles. The SMILES string of the molecule is CCc1ccc(C)c(OC(=O)c2ccccc2I)c1. The summed E-state index contributed by atoms with van der Waals surface area (Å²) in [7, 11) is 0. The molecule has 0 aliphatic carbocycles. The maximum Gasteiger partial charge on any atom is 0.344 e. The summed E-state index contributed by atoms with van der Waals surface area (Å²) in [6.45, 7) is 4.02. The number of ether oxygens (including phenoxy) is 1. The van der Waals surface area contributed by atoms with E-state index in [1.807, 2.05) is 37.3 Å². The van der Waals surface area contributed by atoms with Crippen molar-refractivity contribution in [3.05, 3.63) is 62.7 Å². The highest BCUT2D eigenvalue weighted by atomic mass is 127. The smallest absolute Gasteiger partial charge is 0.344 e. The molecule has 0 fully saturated rings. The largest absolute Gasteiger partial charge is 0.423 e. The summed E-state index contributed by atoms with van der Waals surface area (Å²) >= 11 is 2.14. The van der Waals surface area contributed by atoms with Crippen LogP contribution in [-0.2, 0) is 6.42 Å². The zero-order valence-corrected chi connectivity index (χ0v) is 13.1. The summed E-state index contributed by atoms with van der Waals surface area (Å²) < 4.78 is 6.41. The molecule has 0 spiro atoms. The lowest BCUT2D eigenvalue weighted by atomic mass is 10.1. The van der Waals surface area contributed by atoms with Crippen LogP contribution in [0.1, 0.15) is 28.4 Å². The minimum absolute atomic E-state index is 0.304. The summed E-state index contributed by atoms with van der Waals surface area (Å²) in [5.74, 6) is 0.338. The van der Waals surface area contributed by atoms with Gasteiger partial charge < -0.3 is 4.74 Å². The van der Waals surface area contributed by atoms with Crippen molar-refractivity contribution in [1.29, 1.82) is 0 Å². The minimum Gasteiger partial charge on any atom is -0.423 e. The zero-order valence-electron chi connectivity index (χ0n) is 10.9. The van der Waals surface area contributed by atoms with E-state index in [1.165, 1.54) is 0 Å². The lowest BCUT2D eigenvalue weighted by Gasteiger charge is -2.09. The van der Waals surface area contributed by atoms with Crippen LogP contribution in [0.5, 0.6) is 5.75 Å². The van der Waals surface area contributed by atoms with E-state index in [1.54, 1.807) is 6.07 Å². The summed E-state index contributed by atoms with van der Waals surface area (Å²) in [6, 6.07) is 13.4. The van der Waals surface area contributed by atoms with Gasteiger partial charge in [0.25, 0.3) is 0 Å². The summed E-state index contributed by atoms with van der Waals surface area (Å²) in [6.07, 6.45) is 0.924. The van der Waals surface area contributed by atoms with Gasteiger partial charge in [0.1, 0.15) is 5.75 Å². The van der Waals surface area contributed by atoms with E-state index < -0.39 is 0 Å². The van der Waals surface area contributed by atoms with Gasteiger partial charge in [-0.1, -0.05) is 31.2 Å². The van der Waals surface area contributed by atoms with Crippen LogP contribution in [0.15, 0.2) is 42.5 Å². The number of halogens is 1. The van der Waals surface area contributed by atoms with Crippen LogP contribution in [0, 0.1) is 10.5 Å². The van der Waals surface area contributed by atoms with Crippen LogP contribution >= 0.6 is 22.6 Å². The quantitative estimate of drug-likeness (QED) is 0.458. The highest BCUT2D eigenvalue weighted by molar-refractivity contribution is 14.1. The molecule has 0 aliphatic heterocycles. The van der Waals surface area contributed by atoms with E-state index in [0.717, 1.165) is 21.1 Å². The topological polar surface area (TPSA) is 26.3 Å². The first kappa shape index (κ1) is 14.1. The second kappa shape index (κ2) is 6.19. The van der Waals surface area contributed by atoms with Gasteiger partial charge in [0.15, 0.2) is 0 Å². The number of benzene rings is 2. The molecule has 0 aliphatic rings. The lowest BCUT2D eigenvalue weighted by molar-refractivity contribution is 0.0732. The average Bonchev–Trinajstić information content (AvgIpc) is 2.41. The fourth-order valence-electron chi connectivity index (χ4n) is 1.76. The monoisotopic (exact) mass is 366 g/mol. The molecule has 2 aromatic rings. The van der Waals surface area contributed by atoms with Gasteiger partial charge >= 0.3 is 5.97 Å². The standard InChI is InChI=1S/C16H15IO2/c1-3-12-9-8-11(2)15(10-12)19-16(18)13-6-4-5-7-14(13)17/h4-10H,3H2,1-2H3. The van der Waals surface area contributed by atoms with E-state index in [4.69, 9.17) is 4.74 Å². The van der Waals surface area contributed by atoms with Crippen molar-refractivity contribution in [1.82, 2.24) is 0 Å². The predicted octanol–water partition coefficient (Wildman–Crippen LogP) is 4.38. The van der Waals surface area contributed by atoms with Crippen molar-refractivity contribution in [2.45, 2.75) is 20.3 Å². The third-order valence-corrected chi connectivity index (χ3v) is 3.90. The second-order valence-electron chi connectivity index (χ2n) is 4.32. The Morgan fingerprint density at radius 3 is 2.63 bits per heavy atom. The number of aryl methyl sites for hydroxylation is 2. The second-order valence-corrected chi connectivity index (χ2v) is 5.48. The molecule has 0 bridgehead atoms. The van der Waals surface area contributed by atoms with Crippen LogP contribution in [0.3, 0.4) is 0 Å². The van der Waals surface area contributed by atoms with Gasteiger partial charge in [-0.25, -0.2) is 4.79 Å². The van der Waals surface area contributed by atoms with Gasteiger partial charge in [-0.05, 0) is 65.3 Å². The highest BCUT2D eigenvalue weighted by Gasteiger charge is 2.13. The van der Waals surface area contributed by atoms with Crippen LogP contribution in [0.25, 0.3) is 0 Å². The van der Waals surface area contributed by atoms with E-state index in [2.05, 4.69) is 35.6 Å². The van der Waals surface area contributed by atoms with Crippen LogP contribution in [-0.4, -0.2) is 5.97 Å². The van der Waals surface area contributed by atoms with Crippen LogP contribution < -0.4 is 4.74 Å². The van der Waals surface area contributed by atoms with E-state index in [-0.39, 0.29) is 5.97 Å². The molecule has 0 heterocycles. The van der Waals surface area contributed by atoms with Gasteiger partial charge in [-0.15, -0.1) is 0 Å². The third-order valence-electron chi connectivity index (χ3n) is 2.96. The molecule has 98 valence electrons. The number of rotatable bonds is 3. The van der Waals surface area contributed by atoms with Gasteiger partial charge in [0.05, 0.1) is 5.56 Å². The molecule has 0 atom stereocenters. The maximum absolute atomic E-state index is 12.2. The van der Waals surface area contributed by atoms with Crippen molar-refractivity contribution < 1.29 is 9.53 Å². The molecule has 2 aromatic carbocycles. The molecular weight excluding hydrogens is 351 g/mol. The number of carbonyl (C=O) groups is 1. The fourth-order valence-corrected chi connectivity index (χ4v) is 2.36. The zero-order chi connectivity index (χ0) is 13.8. The number of hydrogen-bond donors (Lipinski definition) is 0. The molecule has 2 rings (SSSR count). The highest BCUT2D eigenvalue weighted by Crippen LogP contribution is 2.22. The van der Waals surface area contributed by atoms with Crippen molar-refractivity contribution >= 4 is 28.6 Å². The summed E-state index contributed by atoms with van der Waals surface area (Å²) in [5, 5.41) is 0. The van der Waals surface area contributed by atoms with E-state index in [9.17, 15) is 4.79 Å². The van der Waals surface area contributed by atoms with E-state index in [0.29, 0.717) is 11.3 Å². The maximum atomic E-state index is 12.2. The third kappa shape index (κ3) is 3.35. The molecule has 2 nitrogen and oxygen atoms in total. The summed E-state index contributed by atoms with van der Waals surface area (Å²) in [4.78, 5) is 12.2. The molecule has 0 amide bonds. The summed E-state index contributed by atoms with van der Waals surface area (Å²) in [5.41, 5.74) is 2.73. The number of esters is 1. The normalized spacial score (nSPS) is 10.3. The van der Waals surface area contributed by atoms with Crippen molar-refractivity contribution in [2.24, 2.45) is 0 Å². The fraction of sp³-hybridized carbons (Fsp3) is 0.188.